The predicted molar refractivity (Wildman–Crippen MR) is 98.3 cm³/mol. The molecule has 3 N–H and O–H groups in total. The summed E-state index contributed by atoms with van der Waals surface area (Å²) in [6.45, 7) is 2.00. The molecule has 4 aromatic rings. The highest BCUT2D eigenvalue weighted by atomic mass is 35.5. The third-order valence-corrected chi connectivity index (χ3v) is 4.06. The molecule has 7 heteroatoms. The number of aromatic amines is 1. The zero-order chi connectivity index (χ0) is 17.4. The van der Waals surface area contributed by atoms with Crippen molar-refractivity contribution in [2.75, 3.05) is 5.32 Å². The Morgan fingerprint density at radius 3 is 2.68 bits per heavy atom. The molecule has 2 aromatic heterocycles. The Morgan fingerprint density at radius 2 is 1.88 bits per heavy atom. The van der Waals surface area contributed by atoms with E-state index in [1.54, 1.807) is 12.1 Å². The van der Waals surface area contributed by atoms with Gasteiger partial charge < -0.3 is 15.4 Å². The zero-order valence-electron chi connectivity index (χ0n) is 13.3. The lowest BCUT2D eigenvalue weighted by Crippen LogP contribution is -1.98. The van der Waals surface area contributed by atoms with E-state index in [-0.39, 0.29) is 11.6 Å². The summed E-state index contributed by atoms with van der Waals surface area (Å²) in [4.78, 5) is 15.8. The minimum absolute atomic E-state index is 0.0372. The summed E-state index contributed by atoms with van der Waals surface area (Å²) >= 11 is 5.98. The van der Waals surface area contributed by atoms with Crippen LogP contribution in [-0.4, -0.2) is 25.0 Å². The molecule has 0 atom stereocenters. The van der Waals surface area contributed by atoms with Gasteiger partial charge in [0.15, 0.2) is 11.6 Å². The van der Waals surface area contributed by atoms with Crippen LogP contribution in [0.5, 0.6) is 5.75 Å². The van der Waals surface area contributed by atoms with Gasteiger partial charge in [-0.05, 0) is 25.1 Å². The number of imidazole rings is 1. The first-order valence-corrected chi connectivity index (χ1v) is 8.01. The first-order chi connectivity index (χ1) is 12.1. The van der Waals surface area contributed by atoms with Gasteiger partial charge in [-0.25, -0.2) is 15.0 Å². The Kier molecular flexibility index (Phi) is 3.74. The number of anilines is 2. The van der Waals surface area contributed by atoms with E-state index in [0.29, 0.717) is 16.7 Å². The van der Waals surface area contributed by atoms with Crippen LogP contribution in [0.1, 0.15) is 5.56 Å². The van der Waals surface area contributed by atoms with E-state index in [4.69, 9.17) is 11.6 Å². The largest absolute Gasteiger partial charge is 0.503 e. The van der Waals surface area contributed by atoms with Gasteiger partial charge in [-0.15, -0.1) is 0 Å². The average molecular weight is 352 g/mol. The molecule has 0 saturated carbocycles. The molecule has 2 heterocycles. The smallest absolute Gasteiger partial charge is 0.206 e. The molecule has 4 rings (SSSR count). The Hall–Kier alpha value is -3.12. The maximum Gasteiger partial charge on any atom is 0.206 e. The van der Waals surface area contributed by atoms with Crippen molar-refractivity contribution in [1.82, 2.24) is 19.9 Å². The van der Waals surface area contributed by atoms with Gasteiger partial charge in [-0.2, -0.15) is 0 Å². The molecule has 0 aliphatic heterocycles. The number of aryl methyl sites for hydroxylation is 1. The third-order valence-electron chi connectivity index (χ3n) is 3.83. The van der Waals surface area contributed by atoms with Crippen LogP contribution in [0.4, 0.5) is 11.8 Å². The van der Waals surface area contributed by atoms with Crippen molar-refractivity contribution in [3.8, 4) is 17.0 Å². The van der Waals surface area contributed by atoms with Crippen molar-refractivity contribution in [2.24, 2.45) is 0 Å². The quantitative estimate of drug-likeness (QED) is 0.508. The Balaban J connectivity index is 1.70. The fraction of sp³-hybridized carbons (Fsp3) is 0.0556. The number of hydrogen-bond acceptors (Lipinski definition) is 5. The number of halogens is 1. The highest BCUT2D eigenvalue weighted by Gasteiger charge is 2.13. The topological polar surface area (TPSA) is 86.7 Å². The summed E-state index contributed by atoms with van der Waals surface area (Å²) in [5.41, 5.74) is 3.96. The summed E-state index contributed by atoms with van der Waals surface area (Å²) in [6.07, 6.45) is 1.40. The molecule has 25 heavy (non-hydrogen) atoms. The minimum Gasteiger partial charge on any atom is -0.503 e. The normalized spacial score (nSPS) is 11.0. The van der Waals surface area contributed by atoms with Crippen molar-refractivity contribution in [3.63, 3.8) is 0 Å². The van der Waals surface area contributed by atoms with Crippen molar-refractivity contribution in [2.45, 2.75) is 6.92 Å². The lowest BCUT2D eigenvalue weighted by Gasteiger charge is -2.08. The van der Waals surface area contributed by atoms with Crippen molar-refractivity contribution < 1.29 is 5.11 Å². The van der Waals surface area contributed by atoms with Gasteiger partial charge in [-0.1, -0.05) is 41.4 Å². The number of rotatable bonds is 3. The molecule has 0 saturated heterocycles. The van der Waals surface area contributed by atoms with E-state index in [0.717, 1.165) is 22.2 Å². The van der Waals surface area contributed by atoms with Crippen molar-refractivity contribution >= 4 is 34.4 Å². The van der Waals surface area contributed by atoms with Crippen LogP contribution in [0.15, 0.2) is 48.8 Å². The van der Waals surface area contributed by atoms with E-state index in [1.165, 1.54) is 6.33 Å². The second-order valence-corrected chi connectivity index (χ2v) is 6.09. The van der Waals surface area contributed by atoms with E-state index >= 15 is 0 Å². The molecule has 0 bridgehead atoms. The fourth-order valence-corrected chi connectivity index (χ4v) is 2.72. The van der Waals surface area contributed by atoms with Crippen LogP contribution in [0.3, 0.4) is 0 Å². The van der Waals surface area contributed by atoms with Crippen LogP contribution in [0, 0.1) is 6.92 Å². The zero-order valence-corrected chi connectivity index (χ0v) is 14.0. The number of hydrogen-bond donors (Lipinski definition) is 3. The third kappa shape index (κ3) is 2.99. The van der Waals surface area contributed by atoms with Crippen LogP contribution < -0.4 is 5.32 Å². The first-order valence-electron chi connectivity index (χ1n) is 7.63. The fourth-order valence-electron chi connectivity index (χ4n) is 2.55. The maximum absolute atomic E-state index is 10.5. The molecule has 0 spiro atoms. The summed E-state index contributed by atoms with van der Waals surface area (Å²) in [5, 5.41) is 14.2. The van der Waals surface area contributed by atoms with Gasteiger partial charge in [0.2, 0.25) is 5.95 Å². The molecular weight excluding hydrogens is 338 g/mol. The Bertz CT molecular complexity index is 1060. The van der Waals surface area contributed by atoms with E-state index in [9.17, 15) is 5.11 Å². The lowest BCUT2D eigenvalue weighted by molar-refractivity contribution is 0.475. The molecule has 0 amide bonds. The average Bonchev–Trinajstić information content (AvgIpc) is 2.99. The molecule has 0 unspecified atom stereocenters. The van der Waals surface area contributed by atoms with Gasteiger partial charge in [0.1, 0.15) is 12.0 Å². The summed E-state index contributed by atoms with van der Waals surface area (Å²) in [5.74, 6) is 0.696. The highest BCUT2D eigenvalue weighted by Crippen LogP contribution is 2.33. The van der Waals surface area contributed by atoms with Crippen LogP contribution >= 0.6 is 11.6 Å². The number of benzene rings is 2. The summed E-state index contributed by atoms with van der Waals surface area (Å²) < 4.78 is 0. The molecule has 0 fully saturated rings. The summed E-state index contributed by atoms with van der Waals surface area (Å²) in [7, 11) is 0. The van der Waals surface area contributed by atoms with Crippen molar-refractivity contribution in [3.05, 3.63) is 59.4 Å². The van der Waals surface area contributed by atoms with Crippen LogP contribution in [-0.2, 0) is 0 Å². The second kappa shape index (κ2) is 6.07. The van der Waals surface area contributed by atoms with E-state index in [2.05, 4.69) is 25.3 Å². The minimum atomic E-state index is -0.0372. The van der Waals surface area contributed by atoms with Crippen LogP contribution in [0.2, 0.25) is 5.02 Å². The number of aromatic nitrogens is 4. The molecule has 124 valence electrons. The number of fused-ring (bicyclic) bond motifs is 1. The Morgan fingerprint density at radius 1 is 1.08 bits per heavy atom. The molecular formula is C18H14ClN5O. The van der Waals surface area contributed by atoms with Gasteiger partial charge >= 0.3 is 0 Å². The lowest BCUT2D eigenvalue weighted by atomic mass is 10.1. The molecule has 6 nitrogen and oxygen atoms in total. The van der Waals surface area contributed by atoms with Gasteiger partial charge in [0, 0.05) is 10.6 Å². The molecule has 2 aromatic carbocycles. The predicted octanol–water partition coefficient (Wildman–Crippen LogP) is 4.43. The maximum atomic E-state index is 10.5. The number of nitrogens with one attached hydrogen (secondary N) is 2. The van der Waals surface area contributed by atoms with E-state index < -0.39 is 0 Å². The molecule has 0 aliphatic carbocycles. The monoisotopic (exact) mass is 351 g/mol. The number of nitrogens with zero attached hydrogens (tertiary/aromatic N) is 3. The number of aromatic hydroxyl groups is 1. The van der Waals surface area contributed by atoms with Gasteiger partial charge in [0.25, 0.3) is 0 Å². The van der Waals surface area contributed by atoms with Gasteiger partial charge in [0.05, 0.1) is 11.0 Å². The second-order valence-electron chi connectivity index (χ2n) is 5.66. The number of H-pyrrole nitrogens is 1. The highest BCUT2D eigenvalue weighted by molar-refractivity contribution is 6.31. The van der Waals surface area contributed by atoms with Gasteiger partial charge in [-0.3, -0.25) is 0 Å². The Labute approximate surface area is 148 Å². The SMILES string of the molecule is Cc1ccc(-c2ncnc(Nc3nc4ccc(Cl)cc4[nH]3)c2O)cc1. The van der Waals surface area contributed by atoms with Crippen LogP contribution in [0.25, 0.3) is 22.3 Å². The van der Waals surface area contributed by atoms with Crippen molar-refractivity contribution in [1.29, 1.82) is 0 Å². The first kappa shape index (κ1) is 15.4. The molecule has 0 radical (unpaired) electrons. The van der Waals surface area contributed by atoms with E-state index in [1.807, 2.05) is 37.3 Å². The standard InChI is InChI=1S/C18H14ClN5O/c1-10-2-4-11(5-3-10)15-16(25)17(21-9-20-15)24-18-22-13-7-6-12(19)8-14(13)23-18/h2-9,25H,1H3,(H2,20,21,22,23,24). The summed E-state index contributed by atoms with van der Waals surface area (Å²) in [6, 6.07) is 13.1. The molecule has 0 aliphatic rings.